The average Bonchev–Trinajstić information content (AvgIpc) is 3.65. The number of hydrogen-bond donors (Lipinski definition) is 5. The molecule has 246 valence electrons. The fourth-order valence-corrected chi connectivity index (χ4v) is 7.30. The standard InChI is InChI=1S/C30H26N8O8S2/c31-30-33-20(14-48-30)22(35-46)25(41)34-23-27(43)38-24(29(44)45)16(13-47-28(23)38)10-15-7-9-37(26(15)42)18-2-1-8-36(11-18)12-21(40)32-17-3-5-19(39)6-4-17/h1-6,8,10-11,14,23,28H,7,9,12-13H2,(H6-,31,32,33,34,35,39,40,41,44,45,46)/t23-,28-/m1/s1. The first-order chi connectivity index (χ1) is 23.0. The number of aromatic hydroxyl groups is 1. The van der Waals surface area contributed by atoms with E-state index in [-0.39, 0.29) is 46.3 Å². The summed E-state index contributed by atoms with van der Waals surface area (Å²) in [6.07, 6.45) is 5.08. The molecule has 3 aromatic rings. The zero-order chi connectivity index (χ0) is 34.1. The summed E-state index contributed by atoms with van der Waals surface area (Å²) >= 11 is 2.21. The molecule has 3 aliphatic rings. The van der Waals surface area contributed by atoms with Gasteiger partial charge < -0.3 is 41.5 Å². The number of aromatic nitrogens is 2. The minimum absolute atomic E-state index is 0.0124. The third-order valence-electron chi connectivity index (χ3n) is 7.66. The summed E-state index contributed by atoms with van der Waals surface area (Å²) in [5.41, 5.74) is 6.33. The molecule has 0 unspecified atom stereocenters. The Labute approximate surface area is 279 Å². The lowest BCUT2D eigenvalue weighted by atomic mass is 10.0. The van der Waals surface area contributed by atoms with Gasteiger partial charge in [0.15, 0.2) is 23.2 Å². The van der Waals surface area contributed by atoms with Crippen molar-refractivity contribution in [3.05, 3.63) is 82.8 Å². The van der Waals surface area contributed by atoms with Crippen molar-refractivity contribution in [3.63, 3.8) is 0 Å². The van der Waals surface area contributed by atoms with E-state index in [0.29, 0.717) is 29.9 Å². The third kappa shape index (κ3) is 6.29. The molecule has 0 saturated carbocycles. The Morgan fingerprint density at radius 1 is 1.21 bits per heavy atom. The molecule has 2 aromatic heterocycles. The van der Waals surface area contributed by atoms with Crippen LogP contribution in [0.5, 0.6) is 5.75 Å². The largest absolute Gasteiger partial charge is 0.543 e. The van der Waals surface area contributed by atoms with Crippen LogP contribution >= 0.6 is 23.1 Å². The first kappa shape index (κ1) is 32.2. The Hall–Kier alpha value is -5.75. The van der Waals surface area contributed by atoms with Gasteiger partial charge in [-0.1, -0.05) is 5.16 Å². The van der Waals surface area contributed by atoms with E-state index in [1.165, 1.54) is 40.3 Å². The quantitative estimate of drug-likeness (QED) is 0.0358. The number of hydrogen-bond acceptors (Lipinski definition) is 13. The SMILES string of the molecule is Nc1nc(C(=NO)C(=O)N[C@@H]2C(=O)N3C(C(=O)[O-])=C(C=C4CCN(c5ccc[n+](CC(=O)Nc6ccc(O)cc6)c5)C4=O)CS[C@H]23)cs1. The van der Waals surface area contributed by atoms with Crippen LogP contribution in [0.25, 0.3) is 0 Å². The Morgan fingerprint density at radius 2 is 1.98 bits per heavy atom. The molecule has 2 atom stereocenters. The molecule has 2 saturated heterocycles. The number of thioether (sulfide) groups is 1. The Balaban J connectivity index is 1.14. The van der Waals surface area contributed by atoms with Crippen molar-refractivity contribution < 1.29 is 44.0 Å². The van der Waals surface area contributed by atoms with E-state index in [1.54, 1.807) is 41.2 Å². The highest BCUT2D eigenvalue weighted by Gasteiger charge is 2.53. The molecular weight excluding hydrogens is 665 g/mol. The Morgan fingerprint density at radius 3 is 2.67 bits per heavy atom. The van der Waals surface area contributed by atoms with Crippen LogP contribution in [-0.4, -0.2) is 79.2 Å². The van der Waals surface area contributed by atoms with E-state index in [2.05, 4.69) is 20.8 Å². The van der Waals surface area contributed by atoms with E-state index in [1.807, 2.05) is 0 Å². The predicted octanol–water partition coefficient (Wildman–Crippen LogP) is -0.697. The van der Waals surface area contributed by atoms with E-state index in [9.17, 15) is 39.4 Å². The van der Waals surface area contributed by atoms with E-state index in [0.717, 1.165) is 16.2 Å². The van der Waals surface area contributed by atoms with Gasteiger partial charge in [0, 0.05) is 35.0 Å². The average molecular weight is 691 g/mol. The van der Waals surface area contributed by atoms with Crippen molar-refractivity contribution in [3.8, 4) is 5.75 Å². The van der Waals surface area contributed by atoms with Crippen LogP contribution in [0, 0.1) is 0 Å². The van der Waals surface area contributed by atoms with Gasteiger partial charge in [-0.15, -0.1) is 23.1 Å². The zero-order valence-electron chi connectivity index (χ0n) is 24.7. The highest BCUT2D eigenvalue weighted by atomic mass is 32.2. The number of aliphatic carboxylic acids is 1. The molecule has 6 N–H and O–H groups in total. The van der Waals surface area contributed by atoms with Gasteiger partial charge in [-0.3, -0.25) is 24.1 Å². The number of anilines is 3. The maximum absolute atomic E-state index is 13.5. The molecule has 1 aromatic carbocycles. The number of nitrogen functional groups attached to an aromatic ring is 1. The number of nitrogens with one attached hydrogen (secondary N) is 2. The molecule has 6 rings (SSSR count). The molecule has 3 aliphatic heterocycles. The lowest BCUT2D eigenvalue weighted by Gasteiger charge is -2.50. The monoisotopic (exact) mass is 690 g/mol. The number of fused-ring (bicyclic) bond motifs is 1. The van der Waals surface area contributed by atoms with Gasteiger partial charge in [-0.2, -0.15) is 4.57 Å². The number of β-lactam (4-membered cyclic amide) rings is 1. The summed E-state index contributed by atoms with van der Waals surface area (Å²) in [5.74, 6) is -3.73. The number of phenolic OH excluding ortho intramolecular Hbond substituents is 1. The molecule has 4 amide bonds. The second-order valence-corrected chi connectivity index (χ2v) is 12.7. The Kier molecular flexibility index (Phi) is 8.83. The van der Waals surface area contributed by atoms with Crippen LogP contribution in [0.1, 0.15) is 12.1 Å². The number of nitrogens with two attached hydrogens (primary N) is 1. The number of phenols is 1. The van der Waals surface area contributed by atoms with E-state index >= 15 is 0 Å². The molecule has 0 aliphatic carbocycles. The van der Waals surface area contributed by atoms with Gasteiger partial charge in [0.2, 0.25) is 6.54 Å². The number of benzene rings is 1. The lowest BCUT2D eigenvalue weighted by Crippen LogP contribution is -2.71. The number of allylic oxidation sites excluding steroid dienone is 1. The van der Waals surface area contributed by atoms with Crippen molar-refractivity contribution >= 4 is 74.9 Å². The first-order valence-corrected chi connectivity index (χ1v) is 16.2. The number of oxime groups is 1. The van der Waals surface area contributed by atoms with Crippen molar-refractivity contribution in [1.29, 1.82) is 0 Å². The summed E-state index contributed by atoms with van der Waals surface area (Å²) in [5, 5.41) is 40.0. The lowest BCUT2D eigenvalue weighted by molar-refractivity contribution is -0.683. The van der Waals surface area contributed by atoms with Crippen molar-refractivity contribution in [2.75, 3.05) is 28.2 Å². The minimum atomic E-state index is -1.61. The van der Waals surface area contributed by atoms with Crippen molar-refractivity contribution in [2.45, 2.75) is 24.4 Å². The van der Waals surface area contributed by atoms with E-state index in [4.69, 9.17) is 5.73 Å². The number of carbonyl (C=O) groups is 5. The smallest absolute Gasteiger partial charge is 0.290 e. The normalized spacial score (nSPS) is 20.1. The number of nitrogens with zero attached hydrogens (tertiary/aromatic N) is 5. The zero-order valence-corrected chi connectivity index (χ0v) is 26.4. The molecule has 2 fully saturated rings. The van der Waals surface area contributed by atoms with E-state index < -0.39 is 40.6 Å². The van der Waals surface area contributed by atoms with Gasteiger partial charge in [0.05, 0.1) is 11.7 Å². The number of amides is 4. The van der Waals surface area contributed by atoms with Crippen LogP contribution in [0.3, 0.4) is 0 Å². The van der Waals surface area contributed by atoms with Crippen molar-refractivity contribution in [1.82, 2.24) is 15.2 Å². The molecule has 18 heteroatoms. The van der Waals surface area contributed by atoms with Crippen molar-refractivity contribution in [2.24, 2.45) is 5.16 Å². The molecule has 48 heavy (non-hydrogen) atoms. The molecular formula is C30H26N8O8S2. The first-order valence-electron chi connectivity index (χ1n) is 14.3. The highest BCUT2D eigenvalue weighted by molar-refractivity contribution is 8.00. The van der Waals surface area contributed by atoms with Gasteiger partial charge in [0.1, 0.15) is 28.5 Å². The molecule has 0 bridgehead atoms. The number of carbonyl (C=O) groups excluding carboxylic acids is 5. The van der Waals surface area contributed by atoms with Crippen LogP contribution in [-0.2, 0) is 30.5 Å². The van der Waals surface area contributed by atoms with Gasteiger partial charge in [0.25, 0.3) is 23.6 Å². The molecule has 16 nitrogen and oxygen atoms in total. The van der Waals surface area contributed by atoms with Crippen LogP contribution < -0.4 is 30.9 Å². The molecule has 0 radical (unpaired) electrons. The number of rotatable bonds is 9. The molecule has 0 spiro atoms. The van der Waals surface area contributed by atoms with Crippen LogP contribution in [0.2, 0.25) is 0 Å². The number of carboxylic acid groups (broad SMARTS) is 1. The highest BCUT2D eigenvalue weighted by Crippen LogP contribution is 2.41. The summed E-state index contributed by atoms with van der Waals surface area (Å²) in [6, 6.07) is 8.33. The molecule has 5 heterocycles. The Bertz CT molecular complexity index is 1940. The minimum Gasteiger partial charge on any atom is -0.543 e. The predicted molar refractivity (Wildman–Crippen MR) is 170 cm³/mol. The van der Waals surface area contributed by atoms with Gasteiger partial charge in [-0.25, -0.2) is 4.98 Å². The van der Waals surface area contributed by atoms with Gasteiger partial charge >= 0.3 is 0 Å². The number of pyridine rings is 1. The summed E-state index contributed by atoms with van der Waals surface area (Å²) < 4.78 is 1.61. The summed E-state index contributed by atoms with van der Waals surface area (Å²) in [7, 11) is 0. The number of thiazole rings is 1. The second-order valence-electron chi connectivity index (χ2n) is 10.7. The summed E-state index contributed by atoms with van der Waals surface area (Å²) in [6.45, 7) is 0.257. The summed E-state index contributed by atoms with van der Waals surface area (Å²) in [4.78, 5) is 70.6. The second kappa shape index (κ2) is 13.2. The fraction of sp³-hybridized carbons (Fsp3) is 0.200. The maximum Gasteiger partial charge on any atom is 0.290 e. The maximum atomic E-state index is 13.5. The number of carboxylic acids is 1. The topological polar surface area (TPSA) is 235 Å². The van der Waals surface area contributed by atoms with Crippen LogP contribution in [0.15, 0.2) is 82.2 Å². The van der Waals surface area contributed by atoms with Crippen LogP contribution in [0.4, 0.5) is 16.5 Å². The third-order valence-corrected chi connectivity index (χ3v) is 9.64. The fourth-order valence-electron chi connectivity index (χ4n) is 5.44. The van der Waals surface area contributed by atoms with Gasteiger partial charge in [-0.05, 0) is 48.4 Å².